The summed E-state index contributed by atoms with van der Waals surface area (Å²) in [4.78, 5) is 56.3. The van der Waals surface area contributed by atoms with Crippen LogP contribution in [0.5, 0.6) is 0 Å². The molecule has 0 radical (unpaired) electrons. The number of amides is 2. The van der Waals surface area contributed by atoms with E-state index in [0.29, 0.717) is 24.0 Å². The highest BCUT2D eigenvalue weighted by atomic mass is 19.2. The lowest BCUT2D eigenvalue weighted by molar-refractivity contribution is 0.0695. The van der Waals surface area contributed by atoms with Crippen LogP contribution in [0.2, 0.25) is 0 Å². The number of benzene rings is 3. The van der Waals surface area contributed by atoms with Crippen LogP contribution in [-0.4, -0.2) is 43.3 Å². The monoisotopic (exact) mass is 641 g/mol. The normalized spacial score (nSPS) is 13.7. The summed E-state index contributed by atoms with van der Waals surface area (Å²) in [7, 11) is 0. The molecule has 2 aromatic heterocycles. The van der Waals surface area contributed by atoms with Crippen LogP contribution in [0.15, 0.2) is 66.9 Å². The lowest BCUT2D eigenvalue weighted by Crippen LogP contribution is -2.31. The number of fused-ring (bicyclic) bond motifs is 2. The smallest absolute Gasteiger partial charge is 0.335 e. The lowest BCUT2D eigenvalue weighted by Gasteiger charge is -2.16. The highest BCUT2D eigenvalue weighted by molar-refractivity contribution is 6.04. The van der Waals surface area contributed by atoms with Gasteiger partial charge in [-0.05, 0) is 77.9 Å². The second-order valence-electron chi connectivity index (χ2n) is 11.2. The minimum absolute atomic E-state index is 0.0154. The Kier molecular flexibility index (Phi) is 8.29. The molecule has 6 rings (SSSR count). The van der Waals surface area contributed by atoms with Gasteiger partial charge in [0.1, 0.15) is 17.2 Å². The maximum atomic E-state index is 13.8. The van der Waals surface area contributed by atoms with Crippen molar-refractivity contribution in [3.8, 4) is 0 Å². The van der Waals surface area contributed by atoms with Crippen molar-refractivity contribution in [1.82, 2.24) is 25.2 Å². The summed E-state index contributed by atoms with van der Waals surface area (Å²) < 4.78 is 41.6. The predicted molar refractivity (Wildman–Crippen MR) is 162 cm³/mol. The van der Waals surface area contributed by atoms with Gasteiger partial charge in [-0.1, -0.05) is 24.3 Å². The van der Waals surface area contributed by atoms with Gasteiger partial charge in [0, 0.05) is 19.0 Å². The minimum Gasteiger partial charge on any atom is -0.478 e. The Balaban J connectivity index is 1.33. The van der Waals surface area contributed by atoms with E-state index in [0.717, 1.165) is 27.8 Å². The number of aromatic nitrogens is 3. The first-order valence-electron chi connectivity index (χ1n) is 14.5. The number of carboxylic acids is 1. The zero-order valence-corrected chi connectivity index (χ0v) is 24.8. The molecule has 0 spiro atoms. The summed E-state index contributed by atoms with van der Waals surface area (Å²) in [5, 5.41) is 19.2. The second-order valence-corrected chi connectivity index (χ2v) is 11.2. The molecule has 47 heavy (non-hydrogen) atoms. The van der Waals surface area contributed by atoms with Crippen LogP contribution in [0.4, 0.5) is 13.2 Å². The number of aromatic carboxylic acids is 1. The fourth-order valence-electron chi connectivity index (χ4n) is 5.74. The van der Waals surface area contributed by atoms with Crippen LogP contribution < -0.4 is 10.6 Å². The molecule has 13 heteroatoms. The number of carbonyl (C=O) groups excluding carboxylic acids is 3. The summed E-state index contributed by atoms with van der Waals surface area (Å²) in [5.41, 5.74) is 2.79. The van der Waals surface area contributed by atoms with E-state index < -0.39 is 47.1 Å². The van der Waals surface area contributed by atoms with Crippen molar-refractivity contribution < 1.29 is 37.5 Å². The topological polar surface area (TPSA) is 143 Å². The quantitative estimate of drug-likeness (QED) is 0.194. The van der Waals surface area contributed by atoms with E-state index >= 15 is 0 Å². The Morgan fingerprint density at radius 2 is 1.66 bits per heavy atom. The number of rotatable bonds is 9. The number of Topliss-reactive ketones (excluding diaryl/α,β-unsaturated/α-hetero) is 1. The van der Waals surface area contributed by atoms with Crippen LogP contribution in [-0.2, 0) is 19.4 Å². The Morgan fingerprint density at radius 3 is 2.38 bits per heavy atom. The van der Waals surface area contributed by atoms with Crippen LogP contribution in [0, 0.1) is 24.4 Å². The van der Waals surface area contributed by atoms with E-state index in [1.807, 2.05) is 0 Å². The van der Waals surface area contributed by atoms with Gasteiger partial charge in [-0.3, -0.25) is 14.4 Å². The fourth-order valence-corrected chi connectivity index (χ4v) is 5.74. The summed E-state index contributed by atoms with van der Waals surface area (Å²) in [6.45, 7) is 1.54. The number of halogens is 3. The van der Waals surface area contributed by atoms with E-state index in [4.69, 9.17) is 0 Å². The molecule has 1 aliphatic rings. The summed E-state index contributed by atoms with van der Waals surface area (Å²) in [6, 6.07) is 12.4. The number of ketones is 1. The van der Waals surface area contributed by atoms with Gasteiger partial charge in [-0.15, -0.1) is 0 Å². The van der Waals surface area contributed by atoms with Gasteiger partial charge in [-0.25, -0.2) is 27.5 Å². The molecule has 2 heterocycles. The van der Waals surface area contributed by atoms with Crippen molar-refractivity contribution in [2.24, 2.45) is 0 Å². The maximum Gasteiger partial charge on any atom is 0.335 e. The lowest BCUT2D eigenvalue weighted by atomic mass is 9.98. The van der Waals surface area contributed by atoms with Gasteiger partial charge < -0.3 is 15.7 Å². The Labute approximate surface area is 265 Å². The molecule has 0 saturated carbocycles. The van der Waals surface area contributed by atoms with Crippen molar-refractivity contribution in [2.45, 2.75) is 38.8 Å². The molecule has 0 unspecified atom stereocenters. The van der Waals surface area contributed by atoms with Crippen molar-refractivity contribution in [3.63, 3.8) is 0 Å². The number of carboxylic acid groups (broad SMARTS) is 1. The number of hydrogen-bond donors (Lipinski definition) is 3. The molecule has 0 saturated heterocycles. The average molecular weight is 642 g/mol. The first kappa shape index (κ1) is 31.1. The summed E-state index contributed by atoms with van der Waals surface area (Å²) in [6.07, 6.45) is 2.14. The fraction of sp³-hybridized carbons (Fsp3) is 0.176. The third-order valence-corrected chi connectivity index (χ3v) is 8.18. The summed E-state index contributed by atoms with van der Waals surface area (Å²) in [5.74, 6) is -5.46. The van der Waals surface area contributed by atoms with E-state index in [2.05, 4.69) is 20.7 Å². The highest BCUT2D eigenvalue weighted by Gasteiger charge is 2.29. The van der Waals surface area contributed by atoms with Crippen LogP contribution >= 0.6 is 0 Å². The van der Waals surface area contributed by atoms with E-state index in [9.17, 15) is 37.5 Å². The van der Waals surface area contributed by atoms with Gasteiger partial charge in [0.05, 0.1) is 23.4 Å². The second kappa shape index (κ2) is 12.5. The Bertz CT molecular complexity index is 2090. The van der Waals surface area contributed by atoms with Crippen molar-refractivity contribution in [3.05, 3.63) is 135 Å². The highest BCUT2D eigenvalue weighted by Crippen LogP contribution is 2.35. The van der Waals surface area contributed by atoms with E-state index in [1.165, 1.54) is 48.7 Å². The van der Waals surface area contributed by atoms with Gasteiger partial charge >= 0.3 is 5.97 Å². The third-order valence-electron chi connectivity index (χ3n) is 8.18. The van der Waals surface area contributed by atoms with Crippen LogP contribution in [0.1, 0.15) is 82.0 Å². The van der Waals surface area contributed by atoms with E-state index in [1.54, 1.807) is 13.0 Å². The van der Waals surface area contributed by atoms with Crippen molar-refractivity contribution in [2.75, 3.05) is 0 Å². The molecular formula is C34H26F3N5O5. The van der Waals surface area contributed by atoms with Crippen LogP contribution in [0.3, 0.4) is 0 Å². The third kappa shape index (κ3) is 6.19. The van der Waals surface area contributed by atoms with Gasteiger partial charge in [0.25, 0.3) is 11.8 Å². The number of hydrogen-bond acceptors (Lipinski definition) is 6. The minimum atomic E-state index is -1.08. The first-order valence-corrected chi connectivity index (χ1v) is 14.5. The van der Waals surface area contributed by atoms with Crippen molar-refractivity contribution in [1.29, 1.82) is 0 Å². The molecule has 10 nitrogen and oxygen atoms in total. The molecule has 5 aromatic rings. The molecule has 0 fully saturated rings. The van der Waals surface area contributed by atoms with Gasteiger partial charge in [0.2, 0.25) is 0 Å². The first-order chi connectivity index (χ1) is 22.5. The number of nitrogens with zero attached hydrogens (tertiary/aromatic N) is 3. The Morgan fingerprint density at radius 1 is 0.915 bits per heavy atom. The molecule has 3 aromatic carbocycles. The van der Waals surface area contributed by atoms with Gasteiger partial charge in [0.15, 0.2) is 23.1 Å². The zero-order chi connectivity index (χ0) is 33.4. The molecule has 238 valence electrons. The molecule has 1 atom stereocenters. The SMILES string of the molecule is Cc1c(C(=O)O)ccc2c1CC[C@@H]2NC(=O)c1cc(C(=O)NCc2ccc(F)c(F)c2)nc2c(C(=O)Cc3ccc(F)cc3)cnn12. The maximum absolute atomic E-state index is 13.8. The van der Waals surface area contributed by atoms with Gasteiger partial charge in [-0.2, -0.15) is 5.10 Å². The molecule has 2 amide bonds. The molecule has 3 N–H and O–H groups in total. The standard InChI is InChI=1S/C34H26F3N5O5/c1-17-21-9-11-27(23(21)8-7-22(17)34(46)47)41-33(45)29-14-28(32(44)38-15-19-4-10-25(36)26(37)12-19)40-31-24(16-39-42(29)31)30(43)13-18-2-5-20(35)6-3-18/h2-8,10,12,14,16,27H,9,11,13,15H2,1H3,(H,38,44)(H,41,45)(H,46,47)/t27-/m0/s1. The van der Waals surface area contributed by atoms with Crippen LogP contribution in [0.25, 0.3) is 5.65 Å². The zero-order valence-electron chi connectivity index (χ0n) is 24.8. The predicted octanol–water partition coefficient (Wildman–Crippen LogP) is 4.93. The largest absolute Gasteiger partial charge is 0.478 e. The molecular weight excluding hydrogens is 615 g/mol. The number of nitrogens with one attached hydrogen (secondary N) is 2. The molecule has 1 aliphatic carbocycles. The van der Waals surface area contributed by atoms with E-state index in [-0.39, 0.29) is 46.7 Å². The molecule has 0 bridgehead atoms. The Hall–Kier alpha value is -5.85. The van der Waals surface area contributed by atoms with Crippen molar-refractivity contribution >= 4 is 29.2 Å². The molecule has 0 aliphatic heterocycles. The summed E-state index contributed by atoms with van der Waals surface area (Å²) >= 11 is 0. The average Bonchev–Trinajstić information content (AvgIpc) is 3.67. The number of carbonyl (C=O) groups is 4.